The van der Waals surface area contributed by atoms with Crippen LogP contribution in [0.4, 0.5) is 0 Å². The summed E-state index contributed by atoms with van der Waals surface area (Å²) in [5.74, 6) is -0.897. The molecule has 2 heterocycles. The zero-order valence-corrected chi connectivity index (χ0v) is 16.0. The summed E-state index contributed by atoms with van der Waals surface area (Å²) in [6.07, 6.45) is 2.58. The van der Waals surface area contributed by atoms with Crippen molar-refractivity contribution in [1.29, 1.82) is 0 Å². The Labute approximate surface area is 154 Å². The molecular weight excluding hydrogens is 336 g/mol. The van der Waals surface area contributed by atoms with Crippen LogP contribution in [0.3, 0.4) is 0 Å². The van der Waals surface area contributed by atoms with Crippen molar-refractivity contribution >= 4 is 5.78 Å². The Balaban J connectivity index is 1.80. The van der Waals surface area contributed by atoms with Gasteiger partial charge in [0.2, 0.25) is 0 Å². The normalized spacial score (nSPS) is 57.1. The first-order chi connectivity index (χ1) is 12.1. The molecule has 4 aliphatic rings. The van der Waals surface area contributed by atoms with Crippen LogP contribution in [0.2, 0.25) is 0 Å². The van der Waals surface area contributed by atoms with Crippen molar-refractivity contribution in [1.82, 2.24) is 0 Å². The molecule has 6 heteroatoms. The number of ether oxygens (including phenoxy) is 2. The van der Waals surface area contributed by atoms with Crippen molar-refractivity contribution in [3.05, 3.63) is 0 Å². The Morgan fingerprint density at radius 3 is 2.50 bits per heavy atom. The number of hydrogen-bond donors (Lipinski definition) is 3. The van der Waals surface area contributed by atoms with E-state index < -0.39 is 40.3 Å². The molecule has 2 spiro atoms. The highest BCUT2D eigenvalue weighted by molar-refractivity contribution is 5.88. The molecular formula is C20H32O6. The lowest BCUT2D eigenvalue weighted by Crippen LogP contribution is -2.70. The lowest BCUT2D eigenvalue weighted by Gasteiger charge is -2.64. The highest BCUT2D eigenvalue weighted by Crippen LogP contribution is 2.67. The van der Waals surface area contributed by atoms with Gasteiger partial charge in [-0.3, -0.25) is 4.79 Å². The predicted octanol–water partition coefficient (Wildman–Crippen LogP) is 1.40. The molecule has 3 N–H and O–H groups in total. The van der Waals surface area contributed by atoms with Crippen LogP contribution in [-0.2, 0) is 14.3 Å². The topological polar surface area (TPSA) is 96.2 Å². The first-order valence-electron chi connectivity index (χ1n) is 9.96. The number of ketones is 1. The fourth-order valence-electron chi connectivity index (χ4n) is 6.95. The lowest BCUT2D eigenvalue weighted by atomic mass is 9.43. The second-order valence-corrected chi connectivity index (χ2v) is 9.80. The third-order valence-corrected chi connectivity index (χ3v) is 8.33. The zero-order chi connectivity index (χ0) is 19.0. The summed E-state index contributed by atoms with van der Waals surface area (Å²) in [7, 11) is 0. The van der Waals surface area contributed by atoms with Crippen molar-refractivity contribution in [3.63, 3.8) is 0 Å². The van der Waals surface area contributed by atoms with Crippen molar-refractivity contribution in [2.24, 2.45) is 22.7 Å². The molecule has 148 valence electrons. The fourth-order valence-corrected chi connectivity index (χ4v) is 6.95. The van der Waals surface area contributed by atoms with E-state index in [-0.39, 0.29) is 18.3 Å². The summed E-state index contributed by atoms with van der Waals surface area (Å²) >= 11 is 0. The van der Waals surface area contributed by atoms with Crippen LogP contribution in [-0.4, -0.2) is 57.9 Å². The maximum absolute atomic E-state index is 13.2. The largest absolute Gasteiger partial charge is 0.396 e. The van der Waals surface area contributed by atoms with Gasteiger partial charge in [0.1, 0.15) is 6.10 Å². The van der Waals surface area contributed by atoms with Crippen LogP contribution in [0, 0.1) is 22.7 Å². The van der Waals surface area contributed by atoms with Crippen molar-refractivity contribution in [3.8, 4) is 0 Å². The second-order valence-electron chi connectivity index (χ2n) is 9.80. The number of carbonyl (C=O) groups excluding carboxylic acids is 1. The fraction of sp³-hybridized carbons (Fsp3) is 0.950. The monoisotopic (exact) mass is 368 g/mol. The number of carbonyl (C=O) groups is 1. The number of hydrogen-bond acceptors (Lipinski definition) is 6. The quantitative estimate of drug-likeness (QED) is 0.647. The molecule has 0 unspecified atom stereocenters. The summed E-state index contributed by atoms with van der Waals surface area (Å²) in [5.41, 5.74) is -2.16. The van der Waals surface area contributed by atoms with Gasteiger partial charge < -0.3 is 24.8 Å². The smallest absolute Gasteiger partial charge is 0.166 e. The minimum absolute atomic E-state index is 0.0663. The Kier molecular flexibility index (Phi) is 4.15. The van der Waals surface area contributed by atoms with Crippen LogP contribution in [0.15, 0.2) is 0 Å². The van der Waals surface area contributed by atoms with Crippen molar-refractivity contribution in [2.45, 2.75) is 82.9 Å². The maximum Gasteiger partial charge on any atom is 0.166 e. The number of aliphatic hydroxyl groups excluding tert-OH is 3. The standard InChI is InChI=1S/C20H32O6/c1-12-14(23)15(24)16-17(2,10-21)5-4-6-18(16,3)20(12)8-7-19(26-20)9-13(22)25-11-19/h12-14,16,21-23H,4-11H2,1-3H3/t12-,13+,14-,16+,17-,18+,19-,20-/m1/s1. The number of rotatable bonds is 1. The Morgan fingerprint density at radius 1 is 1.15 bits per heavy atom. The summed E-state index contributed by atoms with van der Waals surface area (Å²) in [6.45, 7) is 6.29. The van der Waals surface area contributed by atoms with Crippen molar-refractivity contribution in [2.75, 3.05) is 13.2 Å². The molecule has 6 nitrogen and oxygen atoms in total. The Morgan fingerprint density at radius 2 is 1.88 bits per heavy atom. The van der Waals surface area contributed by atoms with Gasteiger partial charge in [0.05, 0.1) is 17.8 Å². The molecule has 2 saturated heterocycles. The van der Waals surface area contributed by atoms with E-state index in [9.17, 15) is 20.1 Å². The number of Topliss-reactive ketones (excluding diaryl/α,β-unsaturated/α-hetero) is 1. The van der Waals surface area contributed by atoms with Gasteiger partial charge in [0.15, 0.2) is 12.1 Å². The van der Waals surface area contributed by atoms with Crippen molar-refractivity contribution < 1.29 is 29.6 Å². The molecule has 2 saturated carbocycles. The number of aliphatic hydroxyl groups is 3. The molecule has 26 heavy (non-hydrogen) atoms. The highest BCUT2D eigenvalue weighted by Gasteiger charge is 2.72. The minimum atomic E-state index is -1.08. The molecule has 0 aromatic carbocycles. The van der Waals surface area contributed by atoms with E-state index in [2.05, 4.69) is 6.92 Å². The average Bonchev–Trinajstić information content (AvgIpc) is 3.16. The number of fused-ring (bicyclic) bond motifs is 2. The van der Waals surface area contributed by atoms with E-state index in [4.69, 9.17) is 9.47 Å². The molecule has 8 atom stereocenters. The first-order valence-corrected chi connectivity index (χ1v) is 9.96. The van der Waals surface area contributed by atoms with E-state index in [1.54, 1.807) is 0 Å². The van der Waals surface area contributed by atoms with Gasteiger partial charge >= 0.3 is 0 Å². The molecule has 0 amide bonds. The van der Waals surface area contributed by atoms with Gasteiger partial charge in [0.25, 0.3) is 0 Å². The first kappa shape index (κ1) is 18.8. The second kappa shape index (κ2) is 5.74. The summed E-state index contributed by atoms with van der Waals surface area (Å²) in [5, 5.41) is 30.8. The average molecular weight is 368 g/mol. The molecule has 2 aliphatic carbocycles. The summed E-state index contributed by atoms with van der Waals surface area (Å²) in [4.78, 5) is 13.2. The van der Waals surface area contributed by atoms with Gasteiger partial charge in [-0.05, 0) is 25.7 Å². The van der Waals surface area contributed by atoms with Crippen LogP contribution in [0.5, 0.6) is 0 Å². The molecule has 0 aromatic heterocycles. The van der Waals surface area contributed by atoms with Gasteiger partial charge in [-0.15, -0.1) is 0 Å². The van der Waals surface area contributed by atoms with Gasteiger partial charge in [0, 0.05) is 35.7 Å². The van der Waals surface area contributed by atoms with Crippen LogP contribution in [0.1, 0.15) is 59.3 Å². The van der Waals surface area contributed by atoms with E-state index in [1.165, 1.54) is 0 Å². The van der Waals surface area contributed by atoms with E-state index in [1.807, 2.05) is 13.8 Å². The van der Waals surface area contributed by atoms with Gasteiger partial charge in [-0.1, -0.05) is 27.2 Å². The molecule has 0 radical (unpaired) electrons. The maximum atomic E-state index is 13.2. The molecule has 0 bridgehead atoms. The predicted molar refractivity (Wildman–Crippen MR) is 93.2 cm³/mol. The molecule has 4 fully saturated rings. The third kappa shape index (κ3) is 2.20. The summed E-state index contributed by atoms with van der Waals surface area (Å²) in [6, 6.07) is 0. The van der Waals surface area contributed by atoms with Crippen LogP contribution in [0.25, 0.3) is 0 Å². The molecule has 4 rings (SSSR count). The van der Waals surface area contributed by atoms with Gasteiger partial charge in [-0.25, -0.2) is 0 Å². The van der Waals surface area contributed by atoms with E-state index in [0.717, 1.165) is 32.1 Å². The highest BCUT2D eigenvalue weighted by atomic mass is 16.6. The van der Waals surface area contributed by atoms with Gasteiger partial charge in [-0.2, -0.15) is 0 Å². The van der Waals surface area contributed by atoms with E-state index >= 15 is 0 Å². The Hall–Kier alpha value is -0.530. The minimum Gasteiger partial charge on any atom is -0.396 e. The SMILES string of the molecule is C[C@@H]1[C@@H](O)C(=O)[C@H]2[C@@](C)(CO)CCC[C@]2(C)[C@@]12CC[C@@]1(CO[C@H](O)C1)O2. The molecule has 0 aromatic rings. The van der Waals surface area contributed by atoms with Crippen LogP contribution < -0.4 is 0 Å². The third-order valence-electron chi connectivity index (χ3n) is 8.33. The summed E-state index contributed by atoms with van der Waals surface area (Å²) < 4.78 is 12.2. The zero-order valence-electron chi connectivity index (χ0n) is 16.0. The van der Waals surface area contributed by atoms with Crippen LogP contribution >= 0.6 is 0 Å². The lowest BCUT2D eigenvalue weighted by molar-refractivity contribution is -0.259. The van der Waals surface area contributed by atoms with E-state index in [0.29, 0.717) is 13.0 Å². The molecule has 2 aliphatic heterocycles. The Bertz CT molecular complexity index is 609.